The minimum atomic E-state index is -1.34. The smallest absolute Gasteiger partial charge is 0.321 e. The number of benzene rings is 1. The van der Waals surface area contributed by atoms with Crippen molar-refractivity contribution in [3.05, 3.63) is 23.8 Å². The van der Waals surface area contributed by atoms with Gasteiger partial charge in [-0.1, -0.05) is 61.0 Å². The average Bonchev–Trinajstić information content (AvgIpc) is 2.87. The third kappa shape index (κ3) is 11.7. The van der Waals surface area contributed by atoms with E-state index in [1.165, 1.54) is 12.1 Å². The van der Waals surface area contributed by atoms with Gasteiger partial charge < -0.3 is 25.1 Å². The predicted molar refractivity (Wildman–Crippen MR) is 153 cm³/mol. The van der Waals surface area contributed by atoms with Gasteiger partial charge in [-0.25, -0.2) is 0 Å². The first kappa shape index (κ1) is 35.1. The zero-order chi connectivity index (χ0) is 30.6. The lowest BCUT2D eigenvalue weighted by molar-refractivity contribution is -0.156. The molecule has 0 aromatic heterocycles. The summed E-state index contributed by atoms with van der Waals surface area (Å²) >= 11 is 0. The molecule has 5 atom stereocenters. The van der Waals surface area contributed by atoms with E-state index in [9.17, 15) is 24.3 Å². The number of carboxylic acids is 1. The SMILES string of the molecule is CCCC(C)C(=O)OC(C)C(C)C(c1ccc(OC(=O)CCC(C)C)c(OC(=O)CCC(C)C)c1)[C@H](N)C(=O)O. The Kier molecular flexibility index (Phi) is 14.9. The fraction of sp³-hybridized carbons (Fsp3) is 0.677. The van der Waals surface area contributed by atoms with Crippen LogP contribution < -0.4 is 15.2 Å². The molecule has 4 unspecified atom stereocenters. The molecule has 0 aliphatic heterocycles. The van der Waals surface area contributed by atoms with Crippen molar-refractivity contribution in [2.45, 2.75) is 112 Å². The van der Waals surface area contributed by atoms with Gasteiger partial charge in [0.05, 0.1) is 5.92 Å². The molecule has 1 aromatic rings. The van der Waals surface area contributed by atoms with Crippen LogP contribution in [0.5, 0.6) is 11.5 Å². The van der Waals surface area contributed by atoms with Crippen molar-refractivity contribution >= 4 is 23.9 Å². The number of hydrogen-bond donors (Lipinski definition) is 2. The maximum absolute atomic E-state index is 12.6. The molecule has 9 nitrogen and oxygen atoms in total. The molecular weight excluding hydrogens is 514 g/mol. The van der Waals surface area contributed by atoms with Crippen LogP contribution in [0.3, 0.4) is 0 Å². The molecule has 0 bridgehead atoms. The summed E-state index contributed by atoms with van der Waals surface area (Å²) < 4.78 is 16.9. The number of ether oxygens (including phenoxy) is 3. The number of carbonyl (C=O) groups is 4. The summed E-state index contributed by atoms with van der Waals surface area (Å²) in [5, 5.41) is 9.81. The highest BCUT2D eigenvalue weighted by Crippen LogP contribution is 2.37. The van der Waals surface area contributed by atoms with Gasteiger partial charge in [0, 0.05) is 24.7 Å². The van der Waals surface area contributed by atoms with Crippen LogP contribution in [0.4, 0.5) is 0 Å². The van der Waals surface area contributed by atoms with Gasteiger partial charge in [-0.3, -0.25) is 19.2 Å². The van der Waals surface area contributed by atoms with Crippen molar-refractivity contribution in [2.24, 2.45) is 29.4 Å². The lowest BCUT2D eigenvalue weighted by atomic mass is 9.79. The lowest BCUT2D eigenvalue weighted by Crippen LogP contribution is -2.43. The third-order valence-electron chi connectivity index (χ3n) is 7.06. The second-order valence-electron chi connectivity index (χ2n) is 11.6. The zero-order valence-electron chi connectivity index (χ0n) is 25.4. The van der Waals surface area contributed by atoms with Crippen molar-refractivity contribution in [3.8, 4) is 11.5 Å². The van der Waals surface area contributed by atoms with Crippen LogP contribution in [0.2, 0.25) is 0 Å². The summed E-state index contributed by atoms with van der Waals surface area (Å²) in [6.45, 7) is 15.2. The minimum Gasteiger partial charge on any atom is -0.480 e. The van der Waals surface area contributed by atoms with E-state index < -0.39 is 41.9 Å². The number of carbonyl (C=O) groups excluding carboxylic acids is 3. The fourth-order valence-electron chi connectivity index (χ4n) is 4.30. The van der Waals surface area contributed by atoms with E-state index in [-0.39, 0.29) is 42.1 Å². The van der Waals surface area contributed by atoms with Gasteiger partial charge in [-0.2, -0.15) is 0 Å². The van der Waals surface area contributed by atoms with Gasteiger partial charge >= 0.3 is 23.9 Å². The van der Waals surface area contributed by atoms with E-state index in [2.05, 4.69) is 0 Å². The van der Waals surface area contributed by atoms with Crippen molar-refractivity contribution in [3.63, 3.8) is 0 Å². The number of carboxylic acid groups (broad SMARTS) is 1. The van der Waals surface area contributed by atoms with Crippen LogP contribution in [0.25, 0.3) is 0 Å². The third-order valence-corrected chi connectivity index (χ3v) is 7.06. The number of aliphatic carboxylic acids is 1. The molecule has 3 N–H and O–H groups in total. The van der Waals surface area contributed by atoms with E-state index >= 15 is 0 Å². The van der Waals surface area contributed by atoms with Gasteiger partial charge in [0.2, 0.25) is 0 Å². The molecule has 0 saturated heterocycles. The Hall–Kier alpha value is -2.94. The summed E-state index contributed by atoms with van der Waals surface area (Å²) in [5.41, 5.74) is 6.61. The molecule has 0 heterocycles. The van der Waals surface area contributed by atoms with Crippen molar-refractivity contribution in [2.75, 3.05) is 0 Å². The van der Waals surface area contributed by atoms with E-state index in [0.717, 1.165) is 6.42 Å². The van der Waals surface area contributed by atoms with Gasteiger partial charge in [-0.05, 0) is 55.7 Å². The second kappa shape index (κ2) is 17.0. The molecule has 226 valence electrons. The highest BCUT2D eigenvalue weighted by Gasteiger charge is 2.36. The molecule has 0 aliphatic rings. The van der Waals surface area contributed by atoms with Crippen molar-refractivity contribution in [1.82, 2.24) is 0 Å². The average molecular weight is 564 g/mol. The first-order valence-corrected chi connectivity index (χ1v) is 14.4. The monoisotopic (exact) mass is 563 g/mol. The Morgan fingerprint density at radius 2 is 1.35 bits per heavy atom. The molecule has 0 radical (unpaired) electrons. The van der Waals surface area contributed by atoms with E-state index in [1.54, 1.807) is 26.8 Å². The lowest BCUT2D eigenvalue weighted by Gasteiger charge is -2.32. The van der Waals surface area contributed by atoms with Gasteiger partial charge in [0.15, 0.2) is 11.5 Å². The molecule has 1 rings (SSSR count). The summed E-state index contributed by atoms with van der Waals surface area (Å²) in [7, 11) is 0. The van der Waals surface area contributed by atoms with E-state index in [0.29, 0.717) is 30.7 Å². The van der Waals surface area contributed by atoms with Crippen LogP contribution >= 0.6 is 0 Å². The van der Waals surface area contributed by atoms with Crippen LogP contribution in [-0.4, -0.2) is 41.1 Å². The minimum absolute atomic E-state index is 0.0140. The number of hydrogen-bond acceptors (Lipinski definition) is 8. The topological polar surface area (TPSA) is 142 Å². The Morgan fingerprint density at radius 1 is 0.825 bits per heavy atom. The number of nitrogens with two attached hydrogens (primary N) is 1. The molecule has 0 saturated carbocycles. The highest BCUT2D eigenvalue weighted by molar-refractivity contribution is 5.77. The first-order valence-electron chi connectivity index (χ1n) is 14.4. The molecule has 0 amide bonds. The summed E-state index contributed by atoms with van der Waals surface area (Å²) in [4.78, 5) is 49.7. The first-order chi connectivity index (χ1) is 18.7. The Balaban J connectivity index is 3.41. The Morgan fingerprint density at radius 3 is 1.82 bits per heavy atom. The summed E-state index contributed by atoms with van der Waals surface area (Å²) in [6, 6.07) is 3.25. The fourth-order valence-corrected chi connectivity index (χ4v) is 4.30. The largest absolute Gasteiger partial charge is 0.480 e. The van der Waals surface area contributed by atoms with E-state index in [4.69, 9.17) is 19.9 Å². The molecule has 0 aliphatic carbocycles. The van der Waals surface area contributed by atoms with E-state index in [1.807, 2.05) is 34.6 Å². The van der Waals surface area contributed by atoms with Crippen LogP contribution in [0.1, 0.15) is 105 Å². The van der Waals surface area contributed by atoms with Crippen LogP contribution in [-0.2, 0) is 23.9 Å². The number of esters is 3. The van der Waals surface area contributed by atoms with Crippen LogP contribution in [0, 0.1) is 23.7 Å². The normalized spacial score (nSPS) is 15.2. The van der Waals surface area contributed by atoms with Crippen molar-refractivity contribution in [1.29, 1.82) is 0 Å². The summed E-state index contributed by atoms with van der Waals surface area (Å²) in [5.74, 6) is -3.46. The Bertz CT molecular complexity index is 990. The maximum atomic E-state index is 12.6. The quantitative estimate of drug-likeness (QED) is 0.176. The number of rotatable bonds is 17. The van der Waals surface area contributed by atoms with Crippen molar-refractivity contribution < 1.29 is 38.5 Å². The zero-order valence-corrected chi connectivity index (χ0v) is 25.4. The molecular formula is C31H49NO8. The second-order valence-corrected chi connectivity index (χ2v) is 11.6. The van der Waals surface area contributed by atoms with Gasteiger partial charge in [0.25, 0.3) is 0 Å². The molecule has 0 spiro atoms. The Labute approximate surface area is 239 Å². The van der Waals surface area contributed by atoms with Gasteiger partial charge in [0.1, 0.15) is 12.1 Å². The predicted octanol–water partition coefficient (Wildman–Crippen LogP) is 5.87. The molecule has 1 aromatic carbocycles. The highest BCUT2D eigenvalue weighted by atomic mass is 16.6. The molecule has 9 heteroatoms. The maximum Gasteiger partial charge on any atom is 0.321 e. The molecule has 40 heavy (non-hydrogen) atoms. The molecule has 0 fully saturated rings. The standard InChI is InChI=1S/C31H49NO8/c1-9-10-20(6)31(37)38-22(8)21(7)28(29(32)30(35)36)23-13-14-24(39-26(33)15-11-18(2)3)25(17-23)40-27(34)16-12-19(4)5/h13-14,17-22,28-29H,9-12,15-16,32H2,1-8H3,(H,35,36)/t20?,21?,22?,28?,29-/m0/s1. The summed E-state index contributed by atoms with van der Waals surface area (Å²) in [6.07, 6.45) is 2.49. The van der Waals surface area contributed by atoms with Gasteiger partial charge in [-0.15, -0.1) is 0 Å². The van der Waals surface area contributed by atoms with Crippen LogP contribution in [0.15, 0.2) is 18.2 Å².